The predicted octanol–water partition coefficient (Wildman–Crippen LogP) is 14.3. The Bertz CT molecular complexity index is 2410. The molecule has 6 aromatic carbocycles. The Morgan fingerprint density at radius 3 is 2.21 bits per heavy atom. The molecule has 1 aromatic heterocycles. The summed E-state index contributed by atoms with van der Waals surface area (Å²) in [6.45, 7) is 11.6. The lowest BCUT2D eigenvalue weighted by molar-refractivity contribution is 0.443. The Balaban J connectivity index is 1.17. The Kier molecular flexibility index (Phi) is 8.03. The van der Waals surface area contributed by atoms with Gasteiger partial charge in [0.15, 0.2) is 0 Å². The lowest BCUT2D eigenvalue weighted by Crippen LogP contribution is -2.15. The molecule has 0 N–H and O–H groups in total. The van der Waals surface area contributed by atoms with Gasteiger partial charge < -0.3 is 4.42 Å². The van der Waals surface area contributed by atoms with Crippen molar-refractivity contribution in [3.8, 4) is 22.3 Å². The van der Waals surface area contributed by atoms with Crippen molar-refractivity contribution in [2.24, 2.45) is 0 Å². The molecule has 52 heavy (non-hydrogen) atoms. The lowest BCUT2D eigenvalue weighted by atomic mass is 9.79. The minimum atomic E-state index is -0.0891. The smallest absolute Gasteiger partial charge is 0.135 e. The van der Waals surface area contributed by atoms with E-state index in [4.69, 9.17) is 4.42 Å². The fourth-order valence-electron chi connectivity index (χ4n) is 9.51. The molecular formula is C51H50O. The Morgan fingerprint density at radius 1 is 0.673 bits per heavy atom. The van der Waals surface area contributed by atoms with Crippen LogP contribution in [0.3, 0.4) is 0 Å². The van der Waals surface area contributed by atoms with Gasteiger partial charge in [0.1, 0.15) is 11.2 Å². The van der Waals surface area contributed by atoms with E-state index in [0.29, 0.717) is 5.92 Å². The average Bonchev–Trinajstić information content (AvgIpc) is 3.66. The van der Waals surface area contributed by atoms with Crippen LogP contribution >= 0.6 is 0 Å². The molecule has 0 saturated heterocycles. The minimum absolute atomic E-state index is 0.0570. The van der Waals surface area contributed by atoms with Gasteiger partial charge in [0.25, 0.3) is 0 Å². The van der Waals surface area contributed by atoms with Crippen molar-refractivity contribution in [1.29, 1.82) is 0 Å². The molecule has 7 aromatic rings. The standard InChI is InChI=1S/C51H50O/c1-50(2,3)38-27-29-42-47(32-38)52-46-21-13-19-40(49(42)46)43(37-25-23-35(24-26-37)34-14-8-6-9-15-34)30-33-22-28-41-45(31-33)51(4,5)44-20-12-18-39(48(41)44)36-16-10-7-11-17-36/h7,10-13,16-29,31-32,34,43H,6,8-9,14-15,30H2,1-5H3. The van der Waals surface area contributed by atoms with Gasteiger partial charge >= 0.3 is 0 Å². The highest BCUT2D eigenvalue weighted by Gasteiger charge is 2.37. The van der Waals surface area contributed by atoms with Crippen LogP contribution < -0.4 is 0 Å². The van der Waals surface area contributed by atoms with Gasteiger partial charge in [0.2, 0.25) is 0 Å². The summed E-state index contributed by atoms with van der Waals surface area (Å²) < 4.78 is 6.63. The third-order valence-corrected chi connectivity index (χ3v) is 12.5. The van der Waals surface area contributed by atoms with Crippen LogP contribution in [-0.4, -0.2) is 0 Å². The zero-order chi connectivity index (χ0) is 35.6. The predicted molar refractivity (Wildman–Crippen MR) is 220 cm³/mol. The number of furan rings is 1. The zero-order valence-corrected chi connectivity index (χ0v) is 31.4. The van der Waals surface area contributed by atoms with Gasteiger partial charge in [0, 0.05) is 22.1 Å². The molecule has 2 aliphatic carbocycles. The van der Waals surface area contributed by atoms with Crippen molar-refractivity contribution in [3.63, 3.8) is 0 Å². The molecule has 1 heterocycles. The second kappa shape index (κ2) is 12.7. The first-order valence-corrected chi connectivity index (χ1v) is 19.5. The summed E-state index contributed by atoms with van der Waals surface area (Å²) >= 11 is 0. The van der Waals surface area contributed by atoms with E-state index < -0.39 is 0 Å². The molecule has 260 valence electrons. The Morgan fingerprint density at radius 2 is 1.44 bits per heavy atom. The Hall–Kier alpha value is -4.88. The van der Waals surface area contributed by atoms with Crippen LogP contribution in [0.25, 0.3) is 44.2 Å². The summed E-state index contributed by atoms with van der Waals surface area (Å²) in [6, 6.07) is 48.4. The van der Waals surface area contributed by atoms with Crippen molar-refractivity contribution in [3.05, 3.63) is 166 Å². The topological polar surface area (TPSA) is 13.1 Å². The van der Waals surface area contributed by atoms with Crippen LogP contribution in [0.15, 0.2) is 132 Å². The van der Waals surface area contributed by atoms with E-state index in [-0.39, 0.29) is 16.7 Å². The average molecular weight is 679 g/mol. The molecule has 1 heteroatoms. The van der Waals surface area contributed by atoms with Crippen LogP contribution in [0.2, 0.25) is 0 Å². The summed E-state index contributed by atoms with van der Waals surface area (Å²) in [4.78, 5) is 0. The molecule has 1 fully saturated rings. The second-order valence-electron chi connectivity index (χ2n) is 17.1. The minimum Gasteiger partial charge on any atom is -0.456 e. The van der Waals surface area contributed by atoms with E-state index in [0.717, 1.165) is 17.6 Å². The fraction of sp³-hybridized carbons (Fsp3) is 0.294. The largest absolute Gasteiger partial charge is 0.456 e. The first-order valence-electron chi connectivity index (χ1n) is 19.5. The number of benzene rings is 6. The summed E-state index contributed by atoms with van der Waals surface area (Å²) in [5.41, 5.74) is 17.0. The monoisotopic (exact) mass is 678 g/mol. The third kappa shape index (κ3) is 5.61. The van der Waals surface area contributed by atoms with Crippen LogP contribution in [0.5, 0.6) is 0 Å². The maximum atomic E-state index is 6.63. The third-order valence-electron chi connectivity index (χ3n) is 12.5. The molecule has 1 atom stereocenters. The van der Waals surface area contributed by atoms with Crippen molar-refractivity contribution in [2.45, 2.75) is 95.8 Å². The number of hydrogen-bond donors (Lipinski definition) is 0. The van der Waals surface area contributed by atoms with Crippen molar-refractivity contribution < 1.29 is 4.42 Å². The van der Waals surface area contributed by atoms with Gasteiger partial charge in [-0.05, 0) is 104 Å². The fourth-order valence-corrected chi connectivity index (χ4v) is 9.51. The van der Waals surface area contributed by atoms with E-state index in [1.54, 1.807) is 0 Å². The second-order valence-corrected chi connectivity index (χ2v) is 17.1. The zero-order valence-electron chi connectivity index (χ0n) is 31.4. The summed E-state index contributed by atoms with van der Waals surface area (Å²) in [7, 11) is 0. The maximum absolute atomic E-state index is 6.63. The van der Waals surface area contributed by atoms with E-state index in [1.165, 1.54) is 104 Å². The Labute approximate surface area is 309 Å². The van der Waals surface area contributed by atoms with E-state index in [1.807, 2.05) is 0 Å². The highest BCUT2D eigenvalue weighted by atomic mass is 16.3. The normalized spacial score (nSPS) is 16.2. The first-order chi connectivity index (χ1) is 25.2. The van der Waals surface area contributed by atoms with Crippen molar-refractivity contribution in [2.75, 3.05) is 0 Å². The number of fused-ring (bicyclic) bond motifs is 6. The number of hydrogen-bond acceptors (Lipinski definition) is 1. The van der Waals surface area contributed by atoms with Crippen LogP contribution in [0.1, 0.15) is 118 Å². The highest BCUT2D eigenvalue weighted by molar-refractivity contribution is 6.07. The van der Waals surface area contributed by atoms with Gasteiger partial charge in [0.05, 0.1) is 0 Å². The van der Waals surface area contributed by atoms with Gasteiger partial charge in [-0.25, -0.2) is 0 Å². The van der Waals surface area contributed by atoms with E-state index in [2.05, 4.69) is 162 Å². The van der Waals surface area contributed by atoms with Crippen LogP contribution in [-0.2, 0) is 17.3 Å². The SMILES string of the molecule is CC(C)(C)c1ccc2c(c1)oc1cccc(C(Cc3ccc4c(c3)C(C)(C)c3cccc(-c5ccccc5)c3-4)c3ccc(C4CCCCC4)cc3)c12. The molecule has 0 bridgehead atoms. The van der Waals surface area contributed by atoms with Crippen LogP contribution in [0, 0.1) is 0 Å². The van der Waals surface area contributed by atoms with E-state index >= 15 is 0 Å². The molecule has 1 saturated carbocycles. The highest BCUT2D eigenvalue weighted by Crippen LogP contribution is 2.52. The van der Waals surface area contributed by atoms with Crippen molar-refractivity contribution >= 4 is 21.9 Å². The van der Waals surface area contributed by atoms with Gasteiger partial charge in [-0.2, -0.15) is 0 Å². The molecular weight excluding hydrogens is 629 g/mol. The first kappa shape index (κ1) is 33.0. The van der Waals surface area contributed by atoms with Crippen LogP contribution in [0.4, 0.5) is 0 Å². The molecule has 2 aliphatic rings. The molecule has 1 unspecified atom stereocenters. The summed E-state index contributed by atoms with van der Waals surface area (Å²) in [5.74, 6) is 0.873. The quantitative estimate of drug-likeness (QED) is 0.171. The summed E-state index contributed by atoms with van der Waals surface area (Å²) in [5, 5.41) is 2.46. The lowest BCUT2D eigenvalue weighted by Gasteiger charge is -2.25. The molecule has 0 spiro atoms. The molecule has 0 aliphatic heterocycles. The molecule has 1 nitrogen and oxygen atoms in total. The van der Waals surface area contributed by atoms with Gasteiger partial charge in [-0.3, -0.25) is 0 Å². The van der Waals surface area contributed by atoms with Crippen molar-refractivity contribution in [1.82, 2.24) is 0 Å². The number of rotatable bonds is 6. The molecule has 0 amide bonds. The van der Waals surface area contributed by atoms with Gasteiger partial charge in [-0.1, -0.05) is 169 Å². The van der Waals surface area contributed by atoms with E-state index in [9.17, 15) is 0 Å². The summed E-state index contributed by atoms with van der Waals surface area (Å²) in [6.07, 6.45) is 7.64. The maximum Gasteiger partial charge on any atom is 0.135 e. The molecule has 9 rings (SSSR count). The van der Waals surface area contributed by atoms with Gasteiger partial charge in [-0.15, -0.1) is 0 Å². The molecule has 0 radical (unpaired) electrons.